The number of carbonyl (C=O) groups excluding carboxylic acids is 1. The van der Waals surface area contributed by atoms with Crippen molar-refractivity contribution in [2.45, 2.75) is 52.0 Å². The van der Waals surface area contributed by atoms with Gasteiger partial charge in [-0.1, -0.05) is 78.4 Å². The summed E-state index contributed by atoms with van der Waals surface area (Å²) in [6.07, 6.45) is 4.84. The van der Waals surface area contributed by atoms with Crippen LogP contribution in [0.4, 0.5) is 0 Å². The second-order valence-electron chi connectivity index (χ2n) is 10.9. The number of hydrogen-bond donors (Lipinski definition) is 2. The molecule has 1 amide bonds. The lowest BCUT2D eigenvalue weighted by Gasteiger charge is -2.20. The smallest absolute Gasteiger partial charge is 0.252 e. The molecule has 0 unspecified atom stereocenters. The fourth-order valence-corrected chi connectivity index (χ4v) is 6.20. The summed E-state index contributed by atoms with van der Waals surface area (Å²) in [5.74, 6) is -0.118. The molecule has 5 heteroatoms. The molecule has 1 saturated carbocycles. The van der Waals surface area contributed by atoms with Crippen LogP contribution in [-0.2, 0) is 11.2 Å². The Morgan fingerprint density at radius 1 is 0.950 bits per heavy atom. The standard InChI is InChI=1S/C35H35N3O2/c1-23-20-24(2)38-32-15-9-8-14-29(32)30(34(38)36-23)21-25-16-18-28(19-17-25)33(27-12-6-7-13-27)35(40)37-31(22-39)26-10-4-3-5-11-26/h3-5,8-11,14-20,31,39H,6-7,12-13,21-22H2,1-2H3,(H,37,40)/t31-/m0/s1. The summed E-state index contributed by atoms with van der Waals surface area (Å²) in [5.41, 5.74) is 10.6. The number of nitrogens with zero attached hydrogens (tertiary/aromatic N) is 2. The van der Waals surface area contributed by atoms with Gasteiger partial charge in [-0.3, -0.25) is 9.20 Å². The van der Waals surface area contributed by atoms with E-state index in [9.17, 15) is 9.90 Å². The van der Waals surface area contributed by atoms with Crippen molar-refractivity contribution < 1.29 is 9.90 Å². The third kappa shape index (κ3) is 4.93. The predicted octanol–water partition coefficient (Wildman–Crippen LogP) is 6.87. The highest BCUT2D eigenvalue weighted by atomic mass is 16.3. The summed E-state index contributed by atoms with van der Waals surface area (Å²) < 4.78 is 2.25. The van der Waals surface area contributed by atoms with Crippen LogP contribution in [0, 0.1) is 13.8 Å². The number of rotatable bonds is 7. The van der Waals surface area contributed by atoms with Gasteiger partial charge in [0.25, 0.3) is 5.91 Å². The molecule has 1 atom stereocenters. The number of allylic oxidation sites excluding steroid dienone is 1. The lowest BCUT2D eigenvalue weighted by Crippen LogP contribution is -2.31. The van der Waals surface area contributed by atoms with E-state index in [0.717, 1.165) is 60.1 Å². The normalized spacial score (nSPS) is 14.1. The summed E-state index contributed by atoms with van der Waals surface area (Å²) >= 11 is 0. The first-order valence-corrected chi connectivity index (χ1v) is 14.2. The van der Waals surface area contributed by atoms with E-state index in [4.69, 9.17) is 4.98 Å². The third-order valence-corrected chi connectivity index (χ3v) is 8.11. The molecule has 2 heterocycles. The van der Waals surface area contributed by atoms with E-state index in [1.165, 1.54) is 33.3 Å². The number of aryl methyl sites for hydroxylation is 2. The maximum absolute atomic E-state index is 13.7. The average molecular weight is 530 g/mol. The number of para-hydroxylation sites is 1. The number of carbonyl (C=O) groups is 1. The maximum atomic E-state index is 13.7. The number of hydrogen-bond acceptors (Lipinski definition) is 3. The van der Waals surface area contributed by atoms with Crippen LogP contribution < -0.4 is 5.32 Å². The van der Waals surface area contributed by atoms with Crippen LogP contribution in [-0.4, -0.2) is 27.0 Å². The summed E-state index contributed by atoms with van der Waals surface area (Å²) in [5, 5.41) is 14.4. The van der Waals surface area contributed by atoms with Crippen LogP contribution in [0.15, 0.2) is 90.5 Å². The van der Waals surface area contributed by atoms with Gasteiger partial charge in [0.05, 0.1) is 18.2 Å². The highest BCUT2D eigenvalue weighted by molar-refractivity contribution is 6.20. The molecule has 1 aliphatic rings. The fraction of sp³-hybridized carbons (Fsp3) is 0.257. The molecule has 0 spiro atoms. The van der Waals surface area contributed by atoms with Crippen molar-refractivity contribution in [1.29, 1.82) is 0 Å². The Hall–Kier alpha value is -4.22. The van der Waals surface area contributed by atoms with E-state index < -0.39 is 6.04 Å². The van der Waals surface area contributed by atoms with Crippen LogP contribution in [0.2, 0.25) is 0 Å². The predicted molar refractivity (Wildman–Crippen MR) is 161 cm³/mol. The van der Waals surface area contributed by atoms with E-state index in [2.05, 4.69) is 71.2 Å². The van der Waals surface area contributed by atoms with Gasteiger partial charge in [0.1, 0.15) is 5.65 Å². The van der Waals surface area contributed by atoms with E-state index in [-0.39, 0.29) is 12.5 Å². The Morgan fingerprint density at radius 3 is 2.38 bits per heavy atom. The summed E-state index contributed by atoms with van der Waals surface area (Å²) in [6, 6.07) is 28.3. The van der Waals surface area contributed by atoms with Gasteiger partial charge in [0.15, 0.2) is 0 Å². The van der Waals surface area contributed by atoms with Gasteiger partial charge in [-0.05, 0) is 68.4 Å². The van der Waals surface area contributed by atoms with Crippen LogP contribution in [0.1, 0.15) is 65.4 Å². The minimum Gasteiger partial charge on any atom is -0.394 e. The monoisotopic (exact) mass is 529 g/mol. The van der Waals surface area contributed by atoms with Gasteiger partial charge in [-0.2, -0.15) is 0 Å². The molecule has 3 aromatic carbocycles. The van der Waals surface area contributed by atoms with E-state index in [0.29, 0.717) is 0 Å². The van der Waals surface area contributed by atoms with Gasteiger partial charge in [0.2, 0.25) is 0 Å². The molecule has 0 aliphatic heterocycles. The molecule has 2 N–H and O–H groups in total. The molecular weight excluding hydrogens is 494 g/mol. The van der Waals surface area contributed by atoms with E-state index in [1.54, 1.807) is 0 Å². The van der Waals surface area contributed by atoms with Crippen LogP contribution >= 0.6 is 0 Å². The Balaban J connectivity index is 1.33. The van der Waals surface area contributed by atoms with Crippen molar-refractivity contribution in [2.24, 2.45) is 0 Å². The lowest BCUT2D eigenvalue weighted by molar-refractivity contribution is -0.116. The van der Waals surface area contributed by atoms with Crippen molar-refractivity contribution in [3.05, 3.63) is 124 Å². The number of benzene rings is 3. The van der Waals surface area contributed by atoms with E-state index >= 15 is 0 Å². The molecule has 0 radical (unpaired) electrons. The molecule has 6 rings (SSSR count). The zero-order valence-corrected chi connectivity index (χ0v) is 23.2. The highest BCUT2D eigenvalue weighted by Crippen LogP contribution is 2.34. The molecule has 0 saturated heterocycles. The second-order valence-corrected chi connectivity index (χ2v) is 10.9. The largest absolute Gasteiger partial charge is 0.394 e. The molecule has 5 aromatic rings. The number of amides is 1. The zero-order valence-electron chi connectivity index (χ0n) is 23.2. The van der Waals surface area contributed by atoms with E-state index in [1.807, 2.05) is 37.3 Å². The van der Waals surface area contributed by atoms with Crippen molar-refractivity contribution >= 4 is 28.0 Å². The zero-order chi connectivity index (χ0) is 27.6. The molecule has 1 aliphatic carbocycles. The third-order valence-electron chi connectivity index (χ3n) is 8.11. The highest BCUT2D eigenvalue weighted by Gasteiger charge is 2.23. The average Bonchev–Trinajstić information content (AvgIpc) is 3.60. The fourth-order valence-electron chi connectivity index (χ4n) is 6.20. The van der Waals surface area contributed by atoms with Gasteiger partial charge in [0, 0.05) is 34.3 Å². The Kier molecular flexibility index (Phi) is 7.23. The topological polar surface area (TPSA) is 66.6 Å². The summed E-state index contributed by atoms with van der Waals surface area (Å²) in [6.45, 7) is 4.03. The Morgan fingerprint density at radius 2 is 1.65 bits per heavy atom. The van der Waals surface area contributed by atoms with Crippen LogP contribution in [0.3, 0.4) is 0 Å². The van der Waals surface area contributed by atoms with Gasteiger partial charge < -0.3 is 10.4 Å². The molecule has 40 heavy (non-hydrogen) atoms. The minimum absolute atomic E-state index is 0.118. The Labute approximate surface area is 235 Å². The van der Waals surface area contributed by atoms with Gasteiger partial charge >= 0.3 is 0 Å². The van der Waals surface area contributed by atoms with Gasteiger partial charge in [-0.15, -0.1) is 0 Å². The maximum Gasteiger partial charge on any atom is 0.252 e. The first-order chi connectivity index (χ1) is 19.5. The molecule has 1 fully saturated rings. The summed E-state index contributed by atoms with van der Waals surface area (Å²) in [7, 11) is 0. The number of aromatic nitrogens is 2. The minimum atomic E-state index is -0.444. The number of aliphatic hydroxyl groups excluding tert-OH is 1. The van der Waals surface area contributed by atoms with Crippen molar-refractivity contribution in [2.75, 3.05) is 6.61 Å². The van der Waals surface area contributed by atoms with Gasteiger partial charge in [-0.25, -0.2) is 4.98 Å². The molecule has 0 bridgehead atoms. The van der Waals surface area contributed by atoms with Crippen molar-refractivity contribution in [1.82, 2.24) is 14.7 Å². The molecule has 202 valence electrons. The first kappa shape index (κ1) is 26.0. The van der Waals surface area contributed by atoms with Crippen LogP contribution in [0.25, 0.3) is 22.1 Å². The molecular formula is C35H35N3O2. The van der Waals surface area contributed by atoms with Crippen LogP contribution in [0.5, 0.6) is 0 Å². The summed E-state index contributed by atoms with van der Waals surface area (Å²) in [4.78, 5) is 18.6. The number of aliphatic hydroxyl groups is 1. The Bertz CT molecular complexity index is 1710. The molecule has 5 nitrogen and oxygen atoms in total. The van der Waals surface area contributed by atoms with Crippen molar-refractivity contribution in [3.63, 3.8) is 0 Å². The first-order valence-electron chi connectivity index (χ1n) is 14.2. The lowest BCUT2D eigenvalue weighted by atomic mass is 9.95. The SMILES string of the molecule is Cc1cc(C)n2c(n1)c(Cc1ccc(C(C(=O)N[C@@H](CO)c3ccccc3)=C3CCCC3)cc1)c1ccccc12. The molecule has 2 aromatic heterocycles. The quantitative estimate of drug-likeness (QED) is 0.226. The second kappa shape index (κ2) is 11.1. The number of nitrogens with one attached hydrogen (secondary N) is 1. The number of fused-ring (bicyclic) bond motifs is 3. The van der Waals surface area contributed by atoms with Crippen molar-refractivity contribution in [3.8, 4) is 0 Å².